The van der Waals surface area contributed by atoms with Gasteiger partial charge < -0.3 is 13.9 Å². The van der Waals surface area contributed by atoms with Crippen LogP contribution in [0.3, 0.4) is 0 Å². The van der Waals surface area contributed by atoms with E-state index in [0.717, 1.165) is 50.8 Å². The van der Waals surface area contributed by atoms with Crippen LogP contribution in [0.25, 0.3) is 21.9 Å². The molecule has 6 heteroatoms. The molecule has 0 bridgehead atoms. The molecule has 0 aliphatic carbocycles. The normalized spacial score (nSPS) is 17.2. The maximum Gasteiger partial charge on any atom is 0.200 e. The summed E-state index contributed by atoms with van der Waals surface area (Å²) < 4.78 is 17.8. The number of rotatable bonds is 8. The zero-order valence-electron chi connectivity index (χ0n) is 16.6. The predicted molar refractivity (Wildman–Crippen MR) is 113 cm³/mol. The van der Waals surface area contributed by atoms with Gasteiger partial charge in [-0.2, -0.15) is 0 Å². The van der Waals surface area contributed by atoms with Crippen LogP contribution in [-0.2, 0) is 0 Å². The second kappa shape index (κ2) is 8.05. The molecule has 2 saturated heterocycles. The maximum atomic E-state index is 12.9. The third-order valence-corrected chi connectivity index (χ3v) is 5.87. The Morgan fingerprint density at radius 1 is 0.759 bits per heavy atom. The second-order valence-corrected chi connectivity index (χ2v) is 7.83. The van der Waals surface area contributed by atoms with Crippen LogP contribution < -0.4 is 14.9 Å². The Hall–Kier alpha value is -2.57. The molecule has 152 valence electrons. The van der Waals surface area contributed by atoms with Crippen LogP contribution in [0.2, 0.25) is 0 Å². The van der Waals surface area contributed by atoms with Crippen molar-refractivity contribution >= 4 is 21.9 Å². The molecule has 29 heavy (non-hydrogen) atoms. The first kappa shape index (κ1) is 18.5. The molecule has 2 fully saturated rings. The molecule has 0 radical (unpaired) electrons. The third kappa shape index (κ3) is 3.95. The van der Waals surface area contributed by atoms with E-state index in [-0.39, 0.29) is 5.43 Å². The molecule has 0 amide bonds. The molecule has 0 unspecified atom stereocenters. The number of ether oxygens (including phenoxy) is 2. The molecule has 0 saturated carbocycles. The average Bonchev–Trinajstić information content (AvgIpc) is 2.65. The molecular weight excluding hydrogens is 368 g/mol. The molecule has 0 atom stereocenters. The minimum atomic E-state index is -0.0273. The number of hydrogen-bond donors (Lipinski definition) is 0. The number of nitrogens with zero attached hydrogens (tertiary/aromatic N) is 2. The van der Waals surface area contributed by atoms with E-state index in [0.29, 0.717) is 35.2 Å². The van der Waals surface area contributed by atoms with Crippen molar-refractivity contribution in [1.82, 2.24) is 9.80 Å². The Balaban J connectivity index is 1.34. The van der Waals surface area contributed by atoms with Gasteiger partial charge in [0.05, 0.1) is 10.8 Å². The van der Waals surface area contributed by atoms with Crippen LogP contribution in [0, 0.1) is 0 Å². The molecular formula is C23H26N2O4. The lowest BCUT2D eigenvalue weighted by molar-refractivity contribution is 0.147. The predicted octanol–water partition coefficient (Wildman–Crippen LogP) is 3.12. The Labute approximate surface area is 169 Å². The Morgan fingerprint density at radius 2 is 1.24 bits per heavy atom. The number of likely N-dealkylation sites (tertiary alicyclic amines) is 2. The fourth-order valence-corrected chi connectivity index (χ4v) is 3.79. The van der Waals surface area contributed by atoms with Crippen molar-refractivity contribution in [3.8, 4) is 11.5 Å². The first-order valence-electron chi connectivity index (χ1n) is 10.5. The molecule has 2 aliphatic heterocycles. The number of benzene rings is 2. The van der Waals surface area contributed by atoms with Crippen molar-refractivity contribution in [1.29, 1.82) is 0 Å². The third-order valence-electron chi connectivity index (χ3n) is 5.87. The summed E-state index contributed by atoms with van der Waals surface area (Å²) in [7, 11) is 0. The van der Waals surface area contributed by atoms with Gasteiger partial charge in [-0.15, -0.1) is 0 Å². The fraction of sp³-hybridized carbons (Fsp3) is 0.435. The molecule has 6 nitrogen and oxygen atoms in total. The van der Waals surface area contributed by atoms with Gasteiger partial charge in [0.2, 0.25) is 5.43 Å². The molecule has 3 heterocycles. The lowest BCUT2D eigenvalue weighted by Crippen LogP contribution is -2.39. The van der Waals surface area contributed by atoms with Crippen LogP contribution in [-0.4, -0.2) is 62.3 Å². The van der Waals surface area contributed by atoms with Gasteiger partial charge in [-0.25, -0.2) is 0 Å². The standard InChI is InChI=1S/C23H26N2O4/c26-23-19-5-3-17(27-13-11-24-7-1-8-24)15-21(19)29-22-16-18(4-6-20(22)23)28-14-12-25-9-2-10-25/h3-6,15-16H,1-2,7-14H2. The summed E-state index contributed by atoms with van der Waals surface area (Å²) in [6.45, 7) is 7.76. The Kier molecular flexibility index (Phi) is 5.12. The quantitative estimate of drug-likeness (QED) is 0.547. The molecule has 1 aromatic heterocycles. The van der Waals surface area contributed by atoms with Crippen LogP contribution >= 0.6 is 0 Å². The molecule has 3 aromatic rings. The highest BCUT2D eigenvalue weighted by atomic mass is 16.5. The monoisotopic (exact) mass is 394 g/mol. The van der Waals surface area contributed by atoms with Gasteiger partial charge in [-0.1, -0.05) is 0 Å². The smallest absolute Gasteiger partial charge is 0.200 e. The summed E-state index contributed by atoms with van der Waals surface area (Å²) in [4.78, 5) is 17.6. The van der Waals surface area contributed by atoms with Crippen LogP contribution in [0.4, 0.5) is 0 Å². The SMILES string of the molecule is O=c1c2ccc(OCCN3CCC3)cc2oc2cc(OCCN3CCC3)ccc12. The van der Waals surface area contributed by atoms with Crippen molar-refractivity contribution in [2.75, 3.05) is 52.5 Å². The summed E-state index contributed by atoms with van der Waals surface area (Å²) in [5.41, 5.74) is 1.06. The molecule has 0 N–H and O–H groups in total. The van der Waals surface area contributed by atoms with Gasteiger partial charge in [-0.3, -0.25) is 14.6 Å². The maximum absolute atomic E-state index is 12.9. The molecule has 0 spiro atoms. The largest absolute Gasteiger partial charge is 0.492 e. The van der Waals surface area contributed by atoms with Gasteiger partial charge >= 0.3 is 0 Å². The van der Waals surface area contributed by atoms with Gasteiger partial charge in [0, 0.05) is 25.2 Å². The molecule has 2 aliphatic rings. The van der Waals surface area contributed by atoms with E-state index in [1.165, 1.54) is 12.8 Å². The highest BCUT2D eigenvalue weighted by Crippen LogP contribution is 2.25. The lowest BCUT2D eigenvalue weighted by Gasteiger charge is -2.30. The number of hydrogen-bond acceptors (Lipinski definition) is 6. The van der Waals surface area contributed by atoms with Crippen LogP contribution in [0.15, 0.2) is 45.6 Å². The first-order valence-corrected chi connectivity index (χ1v) is 10.5. The van der Waals surface area contributed by atoms with Gasteiger partial charge in [0.15, 0.2) is 0 Å². The molecule has 5 rings (SSSR count). The van der Waals surface area contributed by atoms with E-state index < -0.39 is 0 Å². The zero-order valence-corrected chi connectivity index (χ0v) is 16.6. The number of fused-ring (bicyclic) bond motifs is 2. The van der Waals surface area contributed by atoms with Crippen LogP contribution in [0.1, 0.15) is 12.8 Å². The summed E-state index contributed by atoms with van der Waals surface area (Å²) in [6, 6.07) is 10.9. The van der Waals surface area contributed by atoms with Gasteiger partial charge in [-0.05, 0) is 63.3 Å². The van der Waals surface area contributed by atoms with Crippen molar-refractivity contribution in [3.05, 3.63) is 46.6 Å². The van der Waals surface area contributed by atoms with E-state index in [1.54, 1.807) is 12.1 Å². The van der Waals surface area contributed by atoms with Gasteiger partial charge in [0.25, 0.3) is 0 Å². The summed E-state index contributed by atoms with van der Waals surface area (Å²) in [5.74, 6) is 1.45. The van der Waals surface area contributed by atoms with Crippen molar-refractivity contribution in [2.45, 2.75) is 12.8 Å². The highest BCUT2D eigenvalue weighted by molar-refractivity contribution is 5.90. The topological polar surface area (TPSA) is 55.1 Å². The van der Waals surface area contributed by atoms with E-state index in [4.69, 9.17) is 13.9 Å². The fourth-order valence-electron chi connectivity index (χ4n) is 3.79. The Bertz CT molecular complexity index is 989. The average molecular weight is 394 g/mol. The van der Waals surface area contributed by atoms with Crippen molar-refractivity contribution < 1.29 is 13.9 Å². The first-order chi connectivity index (χ1) is 14.3. The lowest BCUT2D eigenvalue weighted by atomic mass is 10.1. The van der Waals surface area contributed by atoms with Crippen molar-refractivity contribution in [3.63, 3.8) is 0 Å². The second-order valence-electron chi connectivity index (χ2n) is 7.83. The molecule has 2 aromatic carbocycles. The summed E-state index contributed by atoms with van der Waals surface area (Å²) in [5, 5.41) is 1.14. The van der Waals surface area contributed by atoms with Crippen molar-refractivity contribution in [2.24, 2.45) is 0 Å². The minimum Gasteiger partial charge on any atom is -0.492 e. The van der Waals surface area contributed by atoms with E-state index in [9.17, 15) is 4.79 Å². The Morgan fingerprint density at radius 3 is 1.66 bits per heavy atom. The van der Waals surface area contributed by atoms with Gasteiger partial charge in [0.1, 0.15) is 35.9 Å². The highest BCUT2D eigenvalue weighted by Gasteiger charge is 2.15. The summed E-state index contributed by atoms with van der Waals surface area (Å²) in [6.07, 6.45) is 2.55. The van der Waals surface area contributed by atoms with Crippen LogP contribution in [0.5, 0.6) is 11.5 Å². The zero-order chi connectivity index (χ0) is 19.6. The summed E-state index contributed by atoms with van der Waals surface area (Å²) >= 11 is 0. The van der Waals surface area contributed by atoms with E-state index >= 15 is 0 Å². The van der Waals surface area contributed by atoms with E-state index in [2.05, 4.69) is 9.80 Å². The minimum absolute atomic E-state index is 0.0273. The van der Waals surface area contributed by atoms with E-state index in [1.807, 2.05) is 24.3 Å².